The summed E-state index contributed by atoms with van der Waals surface area (Å²) in [6.07, 6.45) is 14.8. The van der Waals surface area contributed by atoms with Crippen LogP contribution in [0.4, 0.5) is 0 Å². The summed E-state index contributed by atoms with van der Waals surface area (Å²) in [6, 6.07) is 7.51. The van der Waals surface area contributed by atoms with Crippen LogP contribution in [0.15, 0.2) is 60.0 Å². The SMILES string of the molecule is Clc1ccc(C=Cc2nc(COc3cnc(CCCCn4cncn4)cn3)co2)cc1. The van der Waals surface area contributed by atoms with Gasteiger partial charge in [-0.1, -0.05) is 23.7 Å². The Labute approximate surface area is 184 Å². The molecular weight excluding hydrogens is 416 g/mol. The van der Waals surface area contributed by atoms with Crippen LogP contribution in [0, 0.1) is 0 Å². The van der Waals surface area contributed by atoms with Gasteiger partial charge in [0.15, 0.2) is 0 Å². The molecule has 0 amide bonds. The first-order valence-electron chi connectivity index (χ1n) is 9.89. The maximum Gasteiger partial charge on any atom is 0.232 e. The van der Waals surface area contributed by atoms with Gasteiger partial charge < -0.3 is 9.15 Å². The van der Waals surface area contributed by atoms with Crippen LogP contribution in [0.5, 0.6) is 5.88 Å². The molecule has 0 N–H and O–H groups in total. The average molecular weight is 437 g/mol. The van der Waals surface area contributed by atoms with Gasteiger partial charge in [-0.15, -0.1) is 0 Å². The van der Waals surface area contributed by atoms with Gasteiger partial charge in [-0.3, -0.25) is 9.67 Å². The van der Waals surface area contributed by atoms with Crippen LogP contribution in [-0.4, -0.2) is 29.7 Å². The Morgan fingerprint density at radius 2 is 1.94 bits per heavy atom. The molecule has 0 aliphatic carbocycles. The molecule has 4 rings (SSSR count). The van der Waals surface area contributed by atoms with E-state index in [1.807, 2.05) is 35.0 Å². The Balaban J connectivity index is 1.20. The van der Waals surface area contributed by atoms with Gasteiger partial charge in [0.05, 0.1) is 18.1 Å². The normalized spacial score (nSPS) is 11.3. The number of oxazole rings is 1. The van der Waals surface area contributed by atoms with E-state index in [0.717, 1.165) is 37.1 Å². The molecule has 0 bridgehead atoms. The van der Waals surface area contributed by atoms with Crippen LogP contribution in [0.2, 0.25) is 5.02 Å². The van der Waals surface area contributed by atoms with E-state index in [-0.39, 0.29) is 6.61 Å². The second kappa shape index (κ2) is 10.5. The van der Waals surface area contributed by atoms with E-state index >= 15 is 0 Å². The van der Waals surface area contributed by atoms with E-state index in [9.17, 15) is 0 Å². The summed E-state index contributed by atoms with van der Waals surface area (Å²) < 4.78 is 12.9. The van der Waals surface area contributed by atoms with Gasteiger partial charge in [-0.2, -0.15) is 5.10 Å². The highest BCUT2D eigenvalue weighted by Gasteiger charge is 2.04. The topological polar surface area (TPSA) is 91.8 Å². The molecular formula is C22H21ClN6O2. The maximum absolute atomic E-state index is 5.89. The molecule has 8 nitrogen and oxygen atoms in total. The van der Waals surface area contributed by atoms with E-state index in [4.69, 9.17) is 20.8 Å². The van der Waals surface area contributed by atoms with Crippen LogP contribution in [0.1, 0.15) is 35.7 Å². The third-order valence-corrected chi connectivity index (χ3v) is 4.70. The molecule has 0 radical (unpaired) electrons. The molecule has 0 fully saturated rings. The minimum atomic E-state index is 0.254. The molecule has 0 spiro atoms. The lowest BCUT2D eigenvalue weighted by Crippen LogP contribution is -2.01. The van der Waals surface area contributed by atoms with Crippen LogP contribution in [0.3, 0.4) is 0 Å². The van der Waals surface area contributed by atoms with E-state index in [2.05, 4.69) is 25.0 Å². The zero-order chi connectivity index (χ0) is 21.3. The molecule has 1 aromatic carbocycles. The maximum atomic E-state index is 5.89. The summed E-state index contributed by atoms with van der Waals surface area (Å²) in [5.41, 5.74) is 2.62. The van der Waals surface area contributed by atoms with Gasteiger partial charge in [0.25, 0.3) is 0 Å². The molecule has 9 heteroatoms. The van der Waals surface area contributed by atoms with E-state index in [0.29, 0.717) is 22.5 Å². The molecule has 31 heavy (non-hydrogen) atoms. The molecule has 0 saturated carbocycles. The van der Waals surface area contributed by atoms with Crippen molar-refractivity contribution < 1.29 is 9.15 Å². The lowest BCUT2D eigenvalue weighted by atomic mass is 10.2. The highest BCUT2D eigenvalue weighted by molar-refractivity contribution is 6.30. The third-order valence-electron chi connectivity index (χ3n) is 4.44. The van der Waals surface area contributed by atoms with Gasteiger partial charge >= 0.3 is 0 Å². The number of rotatable bonds is 10. The van der Waals surface area contributed by atoms with Crippen LogP contribution >= 0.6 is 11.6 Å². The summed E-state index contributed by atoms with van der Waals surface area (Å²) in [5.74, 6) is 0.952. The predicted octanol–water partition coefficient (Wildman–Crippen LogP) is 4.48. The molecule has 4 aromatic rings. The van der Waals surface area contributed by atoms with E-state index < -0.39 is 0 Å². The summed E-state index contributed by atoms with van der Waals surface area (Å²) in [6.45, 7) is 1.10. The fourth-order valence-corrected chi connectivity index (χ4v) is 2.96. The Hall–Kier alpha value is -3.52. The van der Waals surface area contributed by atoms with Crippen molar-refractivity contribution in [2.24, 2.45) is 0 Å². The van der Waals surface area contributed by atoms with Crippen molar-refractivity contribution >= 4 is 23.8 Å². The van der Waals surface area contributed by atoms with Crippen molar-refractivity contribution in [3.05, 3.63) is 83.4 Å². The summed E-state index contributed by atoms with van der Waals surface area (Å²) in [5, 5.41) is 4.79. The fourth-order valence-electron chi connectivity index (χ4n) is 2.83. The Bertz CT molecular complexity index is 1090. The Kier molecular flexibility index (Phi) is 7.02. The zero-order valence-corrected chi connectivity index (χ0v) is 17.5. The van der Waals surface area contributed by atoms with Crippen molar-refractivity contribution in [1.82, 2.24) is 29.7 Å². The van der Waals surface area contributed by atoms with Crippen molar-refractivity contribution in [2.45, 2.75) is 32.4 Å². The quantitative estimate of drug-likeness (QED) is 0.338. The number of hydrogen-bond acceptors (Lipinski definition) is 7. The second-order valence-corrected chi connectivity index (χ2v) is 7.25. The van der Waals surface area contributed by atoms with Gasteiger partial charge in [-0.25, -0.2) is 15.0 Å². The number of aryl methyl sites for hydroxylation is 2. The average Bonchev–Trinajstić information content (AvgIpc) is 3.48. The van der Waals surface area contributed by atoms with Crippen molar-refractivity contribution in [1.29, 1.82) is 0 Å². The highest BCUT2D eigenvalue weighted by Crippen LogP contribution is 2.14. The molecule has 0 aliphatic rings. The molecule has 3 heterocycles. The van der Waals surface area contributed by atoms with Crippen molar-refractivity contribution in [2.75, 3.05) is 0 Å². The standard InChI is InChI=1S/C22H21ClN6O2/c23-18-7-4-17(5-8-18)6-9-21-28-20(13-30-21)14-31-22-12-25-19(11-26-22)3-1-2-10-29-16-24-15-27-29/h4-9,11-13,15-16H,1-3,10,14H2. The third kappa shape index (κ3) is 6.48. The van der Waals surface area contributed by atoms with E-state index in [1.165, 1.54) is 0 Å². The molecule has 3 aromatic heterocycles. The number of nitrogens with zero attached hydrogens (tertiary/aromatic N) is 6. The largest absolute Gasteiger partial charge is 0.470 e. The van der Waals surface area contributed by atoms with Gasteiger partial charge in [-0.05, 0) is 43.0 Å². The highest BCUT2D eigenvalue weighted by atomic mass is 35.5. The number of aromatic nitrogens is 6. The molecule has 0 aliphatic heterocycles. The minimum absolute atomic E-state index is 0.254. The first kappa shape index (κ1) is 20.7. The second-order valence-electron chi connectivity index (χ2n) is 6.81. The Morgan fingerprint density at radius 1 is 1.03 bits per heavy atom. The van der Waals surface area contributed by atoms with Crippen LogP contribution in [-0.2, 0) is 19.6 Å². The summed E-state index contributed by atoms with van der Waals surface area (Å²) in [4.78, 5) is 17.0. The number of benzene rings is 1. The van der Waals surface area contributed by atoms with Gasteiger partial charge in [0, 0.05) is 17.6 Å². The molecule has 158 valence electrons. The minimum Gasteiger partial charge on any atom is -0.470 e. The number of hydrogen-bond donors (Lipinski definition) is 0. The zero-order valence-electron chi connectivity index (χ0n) is 16.8. The summed E-state index contributed by atoms with van der Waals surface area (Å²) in [7, 11) is 0. The monoisotopic (exact) mass is 436 g/mol. The number of ether oxygens (including phenoxy) is 1. The van der Waals surface area contributed by atoms with Crippen LogP contribution in [0.25, 0.3) is 12.2 Å². The summed E-state index contributed by atoms with van der Waals surface area (Å²) >= 11 is 5.89. The predicted molar refractivity (Wildman–Crippen MR) is 116 cm³/mol. The smallest absolute Gasteiger partial charge is 0.232 e. The first-order chi connectivity index (χ1) is 15.2. The van der Waals surface area contributed by atoms with E-state index in [1.54, 1.807) is 37.4 Å². The lowest BCUT2D eigenvalue weighted by molar-refractivity contribution is 0.287. The Morgan fingerprint density at radius 3 is 2.71 bits per heavy atom. The van der Waals surface area contributed by atoms with Gasteiger partial charge in [0.2, 0.25) is 11.8 Å². The van der Waals surface area contributed by atoms with Crippen molar-refractivity contribution in [3.8, 4) is 5.88 Å². The number of unbranched alkanes of at least 4 members (excludes halogenated alkanes) is 1. The van der Waals surface area contributed by atoms with Crippen molar-refractivity contribution in [3.63, 3.8) is 0 Å². The lowest BCUT2D eigenvalue weighted by Gasteiger charge is -2.04. The van der Waals surface area contributed by atoms with Crippen LogP contribution < -0.4 is 4.74 Å². The molecule has 0 unspecified atom stereocenters. The first-order valence-corrected chi connectivity index (χ1v) is 10.3. The molecule has 0 atom stereocenters. The van der Waals surface area contributed by atoms with Gasteiger partial charge in [0.1, 0.15) is 31.2 Å². The fraction of sp³-hybridized carbons (Fsp3) is 0.227. The molecule has 0 saturated heterocycles. The number of halogens is 1.